The molecular formula is C17H14ClNO. The largest absolute Gasteiger partial charge is 0.338 e. The van der Waals surface area contributed by atoms with Crippen LogP contribution in [-0.2, 0) is 17.8 Å². The number of aromatic nitrogens is 1. The molecule has 0 aliphatic carbocycles. The first kappa shape index (κ1) is 12.9. The lowest BCUT2D eigenvalue weighted by Gasteiger charge is -2.05. The highest BCUT2D eigenvalue weighted by molar-refractivity contribution is 6.35. The smallest absolute Gasteiger partial charge is 0.156 e. The summed E-state index contributed by atoms with van der Waals surface area (Å²) in [6, 6.07) is 17.6. The van der Waals surface area contributed by atoms with Crippen LogP contribution in [0.3, 0.4) is 0 Å². The van der Waals surface area contributed by atoms with Crippen LogP contribution >= 0.6 is 11.6 Å². The fourth-order valence-electron chi connectivity index (χ4n) is 2.40. The molecule has 3 rings (SSSR count). The van der Waals surface area contributed by atoms with Crippen molar-refractivity contribution in [2.45, 2.75) is 13.0 Å². The third-order valence-electron chi connectivity index (χ3n) is 3.33. The molecule has 20 heavy (non-hydrogen) atoms. The topological polar surface area (TPSA) is 22.0 Å². The van der Waals surface area contributed by atoms with Crippen LogP contribution < -0.4 is 0 Å². The van der Waals surface area contributed by atoms with Crippen molar-refractivity contribution in [3.8, 4) is 0 Å². The van der Waals surface area contributed by atoms with E-state index in [2.05, 4.69) is 0 Å². The van der Waals surface area contributed by atoms with Gasteiger partial charge in [0, 0.05) is 23.5 Å². The summed E-state index contributed by atoms with van der Waals surface area (Å²) < 4.78 is 1.92. The number of nitrogens with zero attached hydrogens (tertiary/aromatic N) is 1. The van der Waals surface area contributed by atoms with Crippen LogP contribution in [0, 0.1) is 0 Å². The van der Waals surface area contributed by atoms with Crippen molar-refractivity contribution in [2.75, 3.05) is 0 Å². The van der Waals surface area contributed by atoms with Crippen molar-refractivity contribution in [1.29, 1.82) is 0 Å². The van der Waals surface area contributed by atoms with E-state index in [1.54, 1.807) is 0 Å². The normalized spacial score (nSPS) is 10.8. The molecule has 1 heterocycles. The number of hydrogen-bond donors (Lipinski definition) is 0. The molecule has 0 aliphatic heterocycles. The van der Waals surface area contributed by atoms with Gasteiger partial charge in [-0.1, -0.05) is 60.1 Å². The molecule has 2 aromatic carbocycles. The molecule has 0 unspecified atom stereocenters. The molecule has 0 N–H and O–H groups in total. The zero-order valence-corrected chi connectivity index (χ0v) is 11.7. The number of para-hydroxylation sites is 1. The van der Waals surface area contributed by atoms with Gasteiger partial charge < -0.3 is 4.57 Å². The molecule has 0 atom stereocenters. The van der Waals surface area contributed by atoms with E-state index < -0.39 is 0 Å². The predicted molar refractivity (Wildman–Crippen MR) is 82.1 cm³/mol. The summed E-state index contributed by atoms with van der Waals surface area (Å²) in [5.74, 6) is 0.175. The minimum Gasteiger partial charge on any atom is -0.338 e. The van der Waals surface area contributed by atoms with Gasteiger partial charge in [-0.05, 0) is 11.6 Å². The van der Waals surface area contributed by atoms with Crippen LogP contribution in [0.4, 0.5) is 0 Å². The number of rotatable bonds is 4. The van der Waals surface area contributed by atoms with Gasteiger partial charge in [0.15, 0.2) is 5.78 Å². The van der Waals surface area contributed by atoms with Crippen LogP contribution in [0.5, 0.6) is 0 Å². The van der Waals surface area contributed by atoms with Gasteiger partial charge in [-0.3, -0.25) is 4.79 Å². The second kappa shape index (κ2) is 5.51. The molecule has 0 saturated carbocycles. The second-order valence-corrected chi connectivity index (χ2v) is 5.23. The molecule has 2 nitrogen and oxygen atoms in total. The third-order valence-corrected chi connectivity index (χ3v) is 3.63. The van der Waals surface area contributed by atoms with E-state index in [4.69, 9.17) is 11.6 Å². The van der Waals surface area contributed by atoms with E-state index in [0.717, 1.165) is 16.5 Å². The first-order valence-electron chi connectivity index (χ1n) is 6.53. The Kier molecular flexibility index (Phi) is 3.57. The molecule has 1 aromatic heterocycles. The molecule has 0 fully saturated rings. The molecule has 3 aromatic rings. The van der Waals surface area contributed by atoms with Crippen molar-refractivity contribution in [1.82, 2.24) is 4.57 Å². The number of Topliss-reactive ketones (excluding diaryl/α,β-unsaturated/α-hetero) is 1. The van der Waals surface area contributed by atoms with Crippen LogP contribution in [0.1, 0.15) is 5.56 Å². The number of benzene rings is 2. The summed E-state index contributed by atoms with van der Waals surface area (Å²) in [6.45, 7) is 0.349. The van der Waals surface area contributed by atoms with Gasteiger partial charge in [0.2, 0.25) is 0 Å². The Balaban J connectivity index is 1.81. The van der Waals surface area contributed by atoms with Crippen molar-refractivity contribution in [2.24, 2.45) is 0 Å². The summed E-state index contributed by atoms with van der Waals surface area (Å²) in [7, 11) is 0. The van der Waals surface area contributed by atoms with Gasteiger partial charge in [-0.25, -0.2) is 0 Å². The Hall–Kier alpha value is -2.06. The molecular weight excluding hydrogens is 270 g/mol. The Labute approximate surface area is 122 Å². The number of carbonyl (C=O) groups is 1. The van der Waals surface area contributed by atoms with E-state index in [1.165, 1.54) is 0 Å². The molecule has 0 amide bonds. The quantitative estimate of drug-likeness (QED) is 0.706. The number of hydrogen-bond acceptors (Lipinski definition) is 1. The predicted octanol–water partition coefficient (Wildman–Crippen LogP) is 4.11. The average molecular weight is 284 g/mol. The standard InChI is InChI=1S/C17H14ClNO/c18-16-12-19(17-9-5-4-8-15(16)17)11-14(20)10-13-6-2-1-3-7-13/h1-9,12H,10-11H2. The highest BCUT2D eigenvalue weighted by Crippen LogP contribution is 2.25. The summed E-state index contributed by atoms with van der Waals surface area (Å²) >= 11 is 6.19. The molecule has 0 aliphatic rings. The Bertz CT molecular complexity index is 746. The fourth-order valence-corrected chi connectivity index (χ4v) is 2.68. The maximum atomic E-state index is 12.2. The van der Waals surface area contributed by atoms with Gasteiger partial charge in [0.05, 0.1) is 11.6 Å². The number of fused-ring (bicyclic) bond motifs is 1. The SMILES string of the molecule is O=C(Cc1ccccc1)Cn1cc(Cl)c2ccccc21. The molecule has 0 spiro atoms. The summed E-state index contributed by atoms with van der Waals surface area (Å²) in [4.78, 5) is 12.2. The van der Waals surface area contributed by atoms with Gasteiger partial charge in [0.1, 0.15) is 0 Å². The minimum absolute atomic E-state index is 0.175. The summed E-state index contributed by atoms with van der Waals surface area (Å²) in [5.41, 5.74) is 2.04. The molecule has 100 valence electrons. The number of halogens is 1. The van der Waals surface area contributed by atoms with Gasteiger partial charge in [-0.2, -0.15) is 0 Å². The lowest BCUT2D eigenvalue weighted by molar-refractivity contribution is -0.118. The first-order chi connectivity index (χ1) is 9.74. The van der Waals surface area contributed by atoms with E-state index in [9.17, 15) is 4.79 Å². The lowest BCUT2D eigenvalue weighted by Crippen LogP contribution is -2.11. The zero-order valence-electron chi connectivity index (χ0n) is 10.9. The van der Waals surface area contributed by atoms with Crippen LogP contribution in [0.15, 0.2) is 60.8 Å². The van der Waals surface area contributed by atoms with E-state index in [-0.39, 0.29) is 5.78 Å². The molecule has 0 saturated heterocycles. The van der Waals surface area contributed by atoms with Crippen molar-refractivity contribution in [3.05, 3.63) is 71.4 Å². The number of carbonyl (C=O) groups excluding carboxylic acids is 1. The zero-order chi connectivity index (χ0) is 13.9. The van der Waals surface area contributed by atoms with Crippen LogP contribution in [0.25, 0.3) is 10.9 Å². The fraction of sp³-hybridized carbons (Fsp3) is 0.118. The minimum atomic E-state index is 0.175. The van der Waals surface area contributed by atoms with E-state index >= 15 is 0 Å². The van der Waals surface area contributed by atoms with Crippen molar-refractivity contribution in [3.63, 3.8) is 0 Å². The summed E-state index contributed by atoms with van der Waals surface area (Å²) in [6.07, 6.45) is 2.28. The Morgan fingerprint density at radius 2 is 1.70 bits per heavy atom. The number of ketones is 1. The summed E-state index contributed by atoms with van der Waals surface area (Å²) in [5, 5.41) is 1.68. The maximum absolute atomic E-state index is 12.2. The maximum Gasteiger partial charge on any atom is 0.156 e. The lowest BCUT2D eigenvalue weighted by atomic mass is 10.1. The van der Waals surface area contributed by atoms with Crippen molar-refractivity contribution >= 4 is 28.3 Å². The first-order valence-corrected chi connectivity index (χ1v) is 6.91. The van der Waals surface area contributed by atoms with Gasteiger partial charge in [0.25, 0.3) is 0 Å². The third kappa shape index (κ3) is 2.61. The molecule has 3 heteroatoms. The monoisotopic (exact) mass is 283 g/mol. The van der Waals surface area contributed by atoms with Crippen LogP contribution in [0.2, 0.25) is 5.02 Å². The molecule has 0 radical (unpaired) electrons. The highest BCUT2D eigenvalue weighted by atomic mass is 35.5. The van der Waals surface area contributed by atoms with Gasteiger partial charge >= 0.3 is 0 Å². The second-order valence-electron chi connectivity index (χ2n) is 4.82. The van der Waals surface area contributed by atoms with Gasteiger partial charge in [-0.15, -0.1) is 0 Å². The van der Waals surface area contributed by atoms with Crippen molar-refractivity contribution < 1.29 is 4.79 Å². The average Bonchev–Trinajstić information content (AvgIpc) is 2.77. The molecule has 0 bridgehead atoms. The van der Waals surface area contributed by atoms with E-state index in [0.29, 0.717) is 18.0 Å². The highest BCUT2D eigenvalue weighted by Gasteiger charge is 2.10. The van der Waals surface area contributed by atoms with E-state index in [1.807, 2.05) is 65.4 Å². The Morgan fingerprint density at radius 3 is 2.50 bits per heavy atom. The Morgan fingerprint density at radius 1 is 1.00 bits per heavy atom. The van der Waals surface area contributed by atoms with Crippen LogP contribution in [-0.4, -0.2) is 10.4 Å².